The Labute approximate surface area is 174 Å². The third-order valence-corrected chi connectivity index (χ3v) is 5.03. The summed E-state index contributed by atoms with van der Waals surface area (Å²) in [6.07, 6.45) is 1.34. The second kappa shape index (κ2) is 7.94. The van der Waals surface area contributed by atoms with Crippen LogP contribution in [0.15, 0.2) is 47.7 Å². The van der Waals surface area contributed by atoms with Gasteiger partial charge in [0.25, 0.3) is 5.56 Å². The summed E-state index contributed by atoms with van der Waals surface area (Å²) in [7, 11) is 0. The predicted octanol–water partition coefficient (Wildman–Crippen LogP) is 4.04. The minimum atomic E-state index is -4.52. The Morgan fingerprint density at radius 3 is 2.27 bits per heavy atom. The highest BCUT2D eigenvalue weighted by atomic mass is 35.5. The van der Waals surface area contributed by atoms with Crippen LogP contribution in [0.4, 0.5) is 30.4 Å². The van der Waals surface area contributed by atoms with E-state index >= 15 is 0 Å². The van der Waals surface area contributed by atoms with Crippen LogP contribution in [0.2, 0.25) is 5.02 Å². The zero-order chi connectivity index (χ0) is 21.3. The van der Waals surface area contributed by atoms with E-state index in [2.05, 4.69) is 25.3 Å². The van der Waals surface area contributed by atoms with Gasteiger partial charge in [0.05, 0.1) is 29.3 Å². The van der Waals surface area contributed by atoms with Crippen LogP contribution in [0.3, 0.4) is 0 Å². The molecule has 1 aliphatic heterocycles. The van der Waals surface area contributed by atoms with Crippen molar-refractivity contribution in [3.8, 4) is 5.82 Å². The van der Waals surface area contributed by atoms with Crippen molar-refractivity contribution in [2.75, 3.05) is 23.3 Å². The maximum atomic E-state index is 12.7. The summed E-state index contributed by atoms with van der Waals surface area (Å²) >= 11 is 6.16. The van der Waals surface area contributed by atoms with E-state index in [1.807, 2.05) is 12.1 Å². The lowest BCUT2D eigenvalue weighted by Crippen LogP contribution is -2.23. The van der Waals surface area contributed by atoms with Crippen LogP contribution in [-0.2, 0) is 6.18 Å². The molecule has 0 unspecified atom stereocenters. The van der Waals surface area contributed by atoms with Crippen molar-refractivity contribution in [2.24, 2.45) is 0 Å². The topological polar surface area (TPSA) is 75.9 Å². The van der Waals surface area contributed by atoms with Crippen LogP contribution in [0.5, 0.6) is 0 Å². The molecule has 1 fully saturated rings. The molecular formula is C19H16ClF3N6O. The van der Waals surface area contributed by atoms with E-state index in [1.165, 1.54) is 6.20 Å². The molecule has 0 aliphatic carbocycles. The minimum Gasteiger partial charge on any atom is -0.357 e. The molecule has 11 heteroatoms. The fourth-order valence-corrected chi connectivity index (χ4v) is 3.29. The van der Waals surface area contributed by atoms with Crippen molar-refractivity contribution in [2.45, 2.75) is 19.0 Å². The molecule has 0 atom stereocenters. The maximum absolute atomic E-state index is 12.7. The lowest BCUT2D eigenvalue weighted by Gasteiger charge is -2.16. The highest BCUT2D eigenvalue weighted by Crippen LogP contribution is 2.29. The third kappa shape index (κ3) is 4.09. The van der Waals surface area contributed by atoms with Gasteiger partial charge in [-0.05, 0) is 37.1 Å². The van der Waals surface area contributed by atoms with E-state index in [9.17, 15) is 18.0 Å². The normalized spacial score (nSPS) is 14.2. The number of anilines is 3. The number of hydrogen-bond donors (Lipinski definition) is 1. The summed E-state index contributed by atoms with van der Waals surface area (Å²) < 4.78 is 38.9. The van der Waals surface area contributed by atoms with Crippen LogP contribution < -0.4 is 15.8 Å². The van der Waals surface area contributed by atoms with Crippen molar-refractivity contribution >= 4 is 28.8 Å². The first-order valence-electron chi connectivity index (χ1n) is 9.12. The van der Waals surface area contributed by atoms with Crippen LogP contribution in [0.25, 0.3) is 5.82 Å². The van der Waals surface area contributed by atoms with Gasteiger partial charge >= 0.3 is 6.18 Å². The lowest BCUT2D eigenvalue weighted by atomic mass is 10.3. The molecule has 156 valence electrons. The molecule has 1 aliphatic rings. The lowest BCUT2D eigenvalue weighted by molar-refractivity contribution is -0.137. The number of aromatic nitrogens is 4. The fraction of sp³-hybridized carbons (Fsp3) is 0.263. The minimum absolute atomic E-state index is 0.0712. The molecular weight excluding hydrogens is 421 g/mol. The number of pyridine rings is 2. The molecule has 3 aromatic heterocycles. The quantitative estimate of drug-likeness (QED) is 0.665. The smallest absolute Gasteiger partial charge is 0.357 e. The molecule has 0 bridgehead atoms. The number of nitrogens with one attached hydrogen (secondary N) is 1. The van der Waals surface area contributed by atoms with Crippen molar-refractivity contribution < 1.29 is 13.2 Å². The Hall–Kier alpha value is -3.14. The van der Waals surface area contributed by atoms with E-state index < -0.39 is 17.3 Å². The monoisotopic (exact) mass is 436 g/mol. The molecule has 0 spiro atoms. The average Bonchev–Trinajstić information content (AvgIpc) is 3.27. The number of rotatable bonds is 4. The second-order valence-corrected chi connectivity index (χ2v) is 7.09. The van der Waals surface area contributed by atoms with Gasteiger partial charge in [0.1, 0.15) is 10.8 Å². The second-order valence-electron chi connectivity index (χ2n) is 6.72. The molecule has 0 amide bonds. The van der Waals surface area contributed by atoms with Gasteiger partial charge in [-0.25, -0.2) is 9.97 Å². The van der Waals surface area contributed by atoms with Gasteiger partial charge < -0.3 is 10.2 Å². The van der Waals surface area contributed by atoms with E-state index in [4.69, 9.17) is 11.6 Å². The number of nitrogens with zero attached hydrogens (tertiary/aromatic N) is 5. The molecule has 4 rings (SSSR count). The average molecular weight is 437 g/mol. The van der Waals surface area contributed by atoms with E-state index in [0.29, 0.717) is 11.9 Å². The first kappa shape index (κ1) is 20.1. The van der Waals surface area contributed by atoms with Gasteiger partial charge in [-0.3, -0.25) is 4.79 Å². The Kier molecular flexibility index (Phi) is 5.33. The molecule has 0 radical (unpaired) electrons. The number of halogens is 4. The summed E-state index contributed by atoms with van der Waals surface area (Å²) in [6, 6.07) is 5.58. The first-order chi connectivity index (χ1) is 14.3. The van der Waals surface area contributed by atoms with Gasteiger partial charge in [-0.2, -0.15) is 23.0 Å². The first-order valence-corrected chi connectivity index (χ1v) is 9.50. The highest BCUT2D eigenvalue weighted by Gasteiger charge is 2.30. The van der Waals surface area contributed by atoms with Crippen LogP contribution in [-0.4, -0.2) is 32.8 Å². The summed E-state index contributed by atoms with van der Waals surface area (Å²) in [5.74, 6) is 0.809. The van der Waals surface area contributed by atoms with Crippen molar-refractivity contribution in [3.05, 3.63) is 63.8 Å². The summed E-state index contributed by atoms with van der Waals surface area (Å²) in [5.41, 5.74) is -0.767. The van der Waals surface area contributed by atoms with Crippen LogP contribution in [0.1, 0.15) is 18.4 Å². The summed E-state index contributed by atoms with van der Waals surface area (Å²) in [4.78, 5) is 22.8. The molecule has 0 saturated carbocycles. The number of hydrogen-bond acceptors (Lipinski definition) is 6. The molecule has 1 N–H and O–H groups in total. The van der Waals surface area contributed by atoms with Gasteiger partial charge in [0.15, 0.2) is 5.82 Å². The Morgan fingerprint density at radius 2 is 1.67 bits per heavy atom. The van der Waals surface area contributed by atoms with Crippen LogP contribution >= 0.6 is 11.6 Å². The van der Waals surface area contributed by atoms with Gasteiger partial charge in [-0.1, -0.05) is 11.6 Å². The zero-order valence-corrected chi connectivity index (χ0v) is 16.3. The molecule has 1 saturated heterocycles. The van der Waals surface area contributed by atoms with E-state index in [-0.39, 0.29) is 16.5 Å². The van der Waals surface area contributed by atoms with E-state index in [1.54, 1.807) is 6.20 Å². The summed E-state index contributed by atoms with van der Waals surface area (Å²) in [6.45, 7) is 1.96. The standard InChI is InChI=1S/C19H16ClF3N6O/c20-17-14(27-13-4-6-15(25-10-13)28-7-1-2-8-28)11-26-29(18(17)30)16-5-3-12(9-24-16)19(21,22)23/h3-6,9-11,27H,1-2,7-8H2. The summed E-state index contributed by atoms with van der Waals surface area (Å²) in [5, 5.41) is 6.77. The Bertz CT molecular complexity index is 1090. The SMILES string of the molecule is O=c1c(Cl)c(Nc2ccc(N3CCCC3)nc2)cnn1-c1ccc(C(F)(F)F)cn1. The molecule has 4 heterocycles. The Morgan fingerprint density at radius 1 is 0.967 bits per heavy atom. The van der Waals surface area contributed by atoms with Gasteiger partial charge in [-0.15, -0.1) is 0 Å². The largest absolute Gasteiger partial charge is 0.417 e. The highest BCUT2D eigenvalue weighted by molar-refractivity contribution is 6.33. The van der Waals surface area contributed by atoms with Crippen molar-refractivity contribution in [1.29, 1.82) is 0 Å². The Balaban J connectivity index is 1.55. The van der Waals surface area contributed by atoms with Gasteiger partial charge in [0.2, 0.25) is 0 Å². The maximum Gasteiger partial charge on any atom is 0.417 e. The molecule has 30 heavy (non-hydrogen) atoms. The van der Waals surface area contributed by atoms with Crippen molar-refractivity contribution in [3.63, 3.8) is 0 Å². The van der Waals surface area contributed by atoms with Gasteiger partial charge in [0, 0.05) is 19.3 Å². The van der Waals surface area contributed by atoms with E-state index in [0.717, 1.165) is 48.6 Å². The molecule has 0 aromatic carbocycles. The zero-order valence-electron chi connectivity index (χ0n) is 15.5. The van der Waals surface area contributed by atoms with Crippen molar-refractivity contribution in [1.82, 2.24) is 19.7 Å². The molecule has 3 aromatic rings. The third-order valence-electron chi connectivity index (χ3n) is 4.67. The molecule has 7 nitrogen and oxygen atoms in total. The predicted molar refractivity (Wildman–Crippen MR) is 107 cm³/mol. The fourth-order valence-electron chi connectivity index (χ4n) is 3.11. The number of alkyl halides is 3. The van der Waals surface area contributed by atoms with Crippen LogP contribution in [0, 0.1) is 0 Å².